The van der Waals surface area contributed by atoms with Gasteiger partial charge in [0.05, 0.1) is 18.3 Å². The molecule has 3 aliphatic rings. The predicted molar refractivity (Wildman–Crippen MR) is 115 cm³/mol. The first kappa shape index (κ1) is 19.4. The zero-order valence-corrected chi connectivity index (χ0v) is 17.5. The predicted octanol–water partition coefficient (Wildman–Crippen LogP) is 4.23. The number of halogens is 1. The van der Waals surface area contributed by atoms with Gasteiger partial charge in [-0.3, -0.25) is 9.69 Å². The van der Waals surface area contributed by atoms with E-state index in [1.54, 1.807) is 5.01 Å². The Morgan fingerprint density at radius 1 is 1.07 bits per heavy atom. The highest BCUT2D eigenvalue weighted by atomic mass is 35.5. The van der Waals surface area contributed by atoms with Crippen LogP contribution in [0, 0.1) is 0 Å². The first-order chi connectivity index (χ1) is 14.7. The minimum atomic E-state index is -0.192. The van der Waals surface area contributed by atoms with E-state index < -0.39 is 0 Å². The van der Waals surface area contributed by atoms with Gasteiger partial charge in [0.25, 0.3) is 5.91 Å². The van der Waals surface area contributed by atoms with Crippen molar-refractivity contribution in [1.82, 2.24) is 9.91 Å². The number of hydrogen-bond acceptors (Lipinski definition) is 5. The Hall–Kier alpha value is -2.57. The minimum Gasteiger partial charge on any atom is -0.454 e. The molecule has 0 N–H and O–H groups in total. The van der Waals surface area contributed by atoms with E-state index in [4.69, 9.17) is 26.2 Å². The maximum absolute atomic E-state index is 13.3. The molecule has 0 spiro atoms. The SMILES string of the molecule is O=C(CN1CCCCC1)N1N=C(c2ccccc2Cl)CC1c1ccc2c(c1)OCO2. The molecule has 1 amide bonds. The number of fused-ring (bicyclic) bond motifs is 1. The van der Waals surface area contributed by atoms with Crippen LogP contribution in [0.2, 0.25) is 5.02 Å². The number of rotatable bonds is 4. The lowest BCUT2D eigenvalue weighted by molar-refractivity contribution is -0.134. The molecule has 5 rings (SSSR count). The van der Waals surface area contributed by atoms with Crippen LogP contribution in [0.25, 0.3) is 0 Å². The van der Waals surface area contributed by atoms with E-state index in [2.05, 4.69) is 4.90 Å². The smallest absolute Gasteiger partial charge is 0.257 e. The lowest BCUT2D eigenvalue weighted by Gasteiger charge is -2.29. The fraction of sp³-hybridized carbons (Fsp3) is 0.391. The largest absolute Gasteiger partial charge is 0.454 e. The monoisotopic (exact) mass is 425 g/mol. The molecule has 2 aromatic rings. The number of hydrogen-bond donors (Lipinski definition) is 0. The molecule has 0 aromatic heterocycles. The molecule has 30 heavy (non-hydrogen) atoms. The highest BCUT2D eigenvalue weighted by molar-refractivity contribution is 6.34. The molecule has 1 unspecified atom stereocenters. The van der Waals surface area contributed by atoms with Crippen molar-refractivity contribution in [1.29, 1.82) is 0 Å². The molecule has 7 heteroatoms. The molecule has 3 heterocycles. The third-order valence-electron chi connectivity index (χ3n) is 5.94. The third kappa shape index (κ3) is 3.77. The number of carbonyl (C=O) groups excluding carboxylic acids is 1. The van der Waals surface area contributed by atoms with Crippen LogP contribution < -0.4 is 9.47 Å². The van der Waals surface area contributed by atoms with Crippen LogP contribution in [0.15, 0.2) is 47.6 Å². The summed E-state index contributed by atoms with van der Waals surface area (Å²) in [6, 6.07) is 13.3. The zero-order chi connectivity index (χ0) is 20.5. The fourth-order valence-corrected chi connectivity index (χ4v) is 4.60. The normalized spacial score (nSPS) is 21.0. The molecule has 6 nitrogen and oxygen atoms in total. The molecule has 1 saturated heterocycles. The van der Waals surface area contributed by atoms with Gasteiger partial charge in [-0.25, -0.2) is 5.01 Å². The number of ether oxygens (including phenoxy) is 2. The van der Waals surface area contributed by atoms with E-state index >= 15 is 0 Å². The van der Waals surface area contributed by atoms with Crippen LogP contribution in [0.4, 0.5) is 0 Å². The Bertz CT molecular complexity index is 987. The average Bonchev–Trinajstić information content (AvgIpc) is 3.41. The number of likely N-dealkylation sites (tertiary alicyclic amines) is 1. The van der Waals surface area contributed by atoms with E-state index in [0.29, 0.717) is 23.7 Å². The van der Waals surface area contributed by atoms with Crippen LogP contribution in [0.5, 0.6) is 11.5 Å². The topological polar surface area (TPSA) is 54.4 Å². The highest BCUT2D eigenvalue weighted by Crippen LogP contribution is 2.39. The summed E-state index contributed by atoms with van der Waals surface area (Å²) in [5.41, 5.74) is 2.69. The van der Waals surface area contributed by atoms with Crippen molar-refractivity contribution in [3.63, 3.8) is 0 Å². The Balaban J connectivity index is 1.45. The molecule has 1 atom stereocenters. The Labute approximate surface area is 181 Å². The van der Waals surface area contributed by atoms with Gasteiger partial charge in [0, 0.05) is 17.0 Å². The van der Waals surface area contributed by atoms with Crippen molar-refractivity contribution in [3.8, 4) is 11.5 Å². The van der Waals surface area contributed by atoms with Crippen LogP contribution in [-0.2, 0) is 4.79 Å². The van der Waals surface area contributed by atoms with Gasteiger partial charge >= 0.3 is 0 Å². The quantitative estimate of drug-likeness (QED) is 0.735. The molecule has 2 aromatic carbocycles. The summed E-state index contributed by atoms with van der Waals surface area (Å²) < 4.78 is 11.0. The first-order valence-corrected chi connectivity index (χ1v) is 10.8. The maximum Gasteiger partial charge on any atom is 0.257 e. The standard InChI is InChI=1S/C23H24ClN3O3/c24-18-7-3-2-6-17(18)19-13-20(16-8-9-21-22(12-16)30-15-29-21)27(25-19)23(28)14-26-10-4-1-5-11-26/h2-3,6-9,12,20H,1,4-5,10-11,13-15H2. The van der Waals surface area contributed by atoms with Crippen LogP contribution in [0.1, 0.15) is 42.9 Å². The summed E-state index contributed by atoms with van der Waals surface area (Å²) in [4.78, 5) is 15.5. The van der Waals surface area contributed by atoms with E-state index in [0.717, 1.165) is 48.5 Å². The Kier molecular flexibility index (Phi) is 5.35. The number of benzene rings is 2. The van der Waals surface area contributed by atoms with Crippen LogP contribution in [0.3, 0.4) is 0 Å². The Morgan fingerprint density at radius 3 is 2.70 bits per heavy atom. The number of hydrazone groups is 1. The van der Waals surface area contributed by atoms with Crippen molar-refractivity contribution in [2.75, 3.05) is 26.4 Å². The molecule has 0 radical (unpaired) electrons. The molecule has 3 aliphatic heterocycles. The van der Waals surface area contributed by atoms with Gasteiger partial charge in [-0.1, -0.05) is 42.3 Å². The second-order valence-electron chi connectivity index (χ2n) is 7.93. The lowest BCUT2D eigenvalue weighted by atomic mass is 9.98. The van der Waals surface area contributed by atoms with Crippen molar-refractivity contribution >= 4 is 23.2 Å². The number of nitrogens with zero attached hydrogens (tertiary/aromatic N) is 3. The average molecular weight is 426 g/mol. The zero-order valence-electron chi connectivity index (χ0n) is 16.7. The number of piperidine rings is 1. The van der Waals surface area contributed by atoms with E-state index in [1.807, 2.05) is 42.5 Å². The molecule has 1 fully saturated rings. The molecule has 0 saturated carbocycles. The molecule has 0 bridgehead atoms. The molecular weight excluding hydrogens is 402 g/mol. The van der Waals surface area contributed by atoms with Gasteiger partial charge in [-0.05, 0) is 49.7 Å². The van der Waals surface area contributed by atoms with E-state index in [9.17, 15) is 4.79 Å². The minimum absolute atomic E-state index is 0.0154. The van der Waals surface area contributed by atoms with Crippen molar-refractivity contribution in [3.05, 3.63) is 58.6 Å². The number of amides is 1. The molecular formula is C23H24ClN3O3. The third-order valence-corrected chi connectivity index (χ3v) is 6.27. The van der Waals surface area contributed by atoms with Crippen LogP contribution >= 0.6 is 11.6 Å². The van der Waals surface area contributed by atoms with Crippen molar-refractivity contribution < 1.29 is 14.3 Å². The molecule has 156 valence electrons. The summed E-state index contributed by atoms with van der Waals surface area (Å²) in [5, 5.41) is 7.04. The Morgan fingerprint density at radius 2 is 1.87 bits per heavy atom. The van der Waals surface area contributed by atoms with Gasteiger partial charge in [0.1, 0.15) is 0 Å². The van der Waals surface area contributed by atoms with Crippen molar-refractivity contribution in [2.24, 2.45) is 5.10 Å². The summed E-state index contributed by atoms with van der Waals surface area (Å²) in [5.74, 6) is 1.46. The fourth-order valence-electron chi connectivity index (χ4n) is 4.36. The van der Waals surface area contributed by atoms with Gasteiger partial charge in [0.2, 0.25) is 6.79 Å². The van der Waals surface area contributed by atoms with Gasteiger partial charge in [0.15, 0.2) is 11.5 Å². The summed E-state index contributed by atoms with van der Waals surface area (Å²) >= 11 is 6.43. The van der Waals surface area contributed by atoms with Gasteiger partial charge in [-0.2, -0.15) is 5.10 Å². The van der Waals surface area contributed by atoms with Gasteiger partial charge in [-0.15, -0.1) is 0 Å². The summed E-state index contributed by atoms with van der Waals surface area (Å²) in [6.07, 6.45) is 4.14. The van der Waals surface area contributed by atoms with Crippen LogP contribution in [-0.4, -0.2) is 48.0 Å². The van der Waals surface area contributed by atoms with E-state index in [-0.39, 0.29) is 18.7 Å². The van der Waals surface area contributed by atoms with Crippen molar-refractivity contribution in [2.45, 2.75) is 31.7 Å². The first-order valence-electron chi connectivity index (χ1n) is 10.5. The molecule has 0 aliphatic carbocycles. The maximum atomic E-state index is 13.3. The second kappa shape index (κ2) is 8.28. The van der Waals surface area contributed by atoms with Gasteiger partial charge < -0.3 is 9.47 Å². The number of carbonyl (C=O) groups is 1. The lowest BCUT2D eigenvalue weighted by Crippen LogP contribution is -2.40. The summed E-state index contributed by atoms with van der Waals surface area (Å²) in [6.45, 7) is 2.55. The second-order valence-corrected chi connectivity index (χ2v) is 8.34. The summed E-state index contributed by atoms with van der Waals surface area (Å²) in [7, 11) is 0. The highest BCUT2D eigenvalue weighted by Gasteiger charge is 2.35. The van der Waals surface area contributed by atoms with E-state index in [1.165, 1.54) is 6.42 Å².